The average molecular weight is 540 g/mol. The van der Waals surface area contributed by atoms with Crippen LogP contribution in [0.3, 0.4) is 0 Å². The molecule has 0 unspecified atom stereocenters. The normalized spacial score (nSPS) is 17.2. The monoisotopic (exact) mass is 539 g/mol. The van der Waals surface area contributed by atoms with Gasteiger partial charge in [0.2, 0.25) is 5.82 Å². The summed E-state index contributed by atoms with van der Waals surface area (Å²) in [6, 6.07) is 22.1. The molecule has 0 saturated heterocycles. The van der Waals surface area contributed by atoms with Crippen LogP contribution in [-0.2, 0) is 6.42 Å². The molecule has 0 aliphatic heterocycles. The highest BCUT2D eigenvalue weighted by molar-refractivity contribution is 5.92. The van der Waals surface area contributed by atoms with E-state index in [0.717, 1.165) is 36.7 Å². The largest absolute Gasteiger partial charge is 0.304 e. The predicted octanol–water partition coefficient (Wildman–Crippen LogP) is 7.46. The molecule has 204 valence electrons. The third-order valence-electron chi connectivity index (χ3n) is 8.56. The fourth-order valence-electron chi connectivity index (χ4n) is 6.29. The van der Waals surface area contributed by atoms with Crippen LogP contribution in [-0.4, -0.2) is 34.5 Å². The van der Waals surface area contributed by atoms with Gasteiger partial charge in [0.05, 0.1) is 6.20 Å². The van der Waals surface area contributed by atoms with Crippen LogP contribution in [0.1, 0.15) is 55.1 Å². The van der Waals surface area contributed by atoms with E-state index in [4.69, 9.17) is 9.97 Å². The second-order valence-electron chi connectivity index (χ2n) is 11.1. The average Bonchev–Trinajstić information content (AvgIpc) is 3.73. The zero-order valence-corrected chi connectivity index (χ0v) is 23.2. The Morgan fingerprint density at radius 3 is 2.49 bits per heavy atom. The number of fused-ring (bicyclic) bond motifs is 1. The van der Waals surface area contributed by atoms with Crippen LogP contribution in [0.5, 0.6) is 0 Å². The fraction of sp³-hybridized carbons (Fsp3) is 0.265. The lowest BCUT2D eigenvalue weighted by molar-refractivity contribution is 0.304. The third kappa shape index (κ3) is 5.15. The Kier molecular flexibility index (Phi) is 6.85. The minimum Gasteiger partial charge on any atom is -0.304 e. The summed E-state index contributed by atoms with van der Waals surface area (Å²) in [6.45, 7) is 2.15. The summed E-state index contributed by atoms with van der Waals surface area (Å²) in [5.41, 5.74) is 9.13. The van der Waals surface area contributed by atoms with E-state index in [1.807, 2.05) is 12.4 Å². The molecule has 7 rings (SSSR count). The molecular weight excluding hydrogens is 506 g/mol. The van der Waals surface area contributed by atoms with Crippen molar-refractivity contribution >= 4 is 5.65 Å². The molecule has 7 nitrogen and oxygen atoms in total. The van der Waals surface area contributed by atoms with Crippen LogP contribution in [0.4, 0.5) is 0 Å². The summed E-state index contributed by atoms with van der Waals surface area (Å²) in [5.74, 6) is 2.81. The Bertz CT molecular complexity index is 1750. The number of imidazole rings is 1. The van der Waals surface area contributed by atoms with Gasteiger partial charge in [-0.3, -0.25) is 10.1 Å². The summed E-state index contributed by atoms with van der Waals surface area (Å²) in [5, 5.41) is 7.54. The number of aromatic amines is 1. The Balaban J connectivity index is 1.01. The highest BCUT2D eigenvalue weighted by atomic mass is 15.2. The van der Waals surface area contributed by atoms with E-state index < -0.39 is 0 Å². The van der Waals surface area contributed by atoms with Gasteiger partial charge in [-0.2, -0.15) is 5.10 Å². The van der Waals surface area contributed by atoms with Crippen LogP contribution >= 0.6 is 0 Å². The van der Waals surface area contributed by atoms with Gasteiger partial charge < -0.3 is 4.40 Å². The molecule has 4 heterocycles. The molecule has 0 amide bonds. The number of aromatic nitrogens is 7. The number of nitrogens with zero attached hydrogens (tertiary/aromatic N) is 6. The van der Waals surface area contributed by atoms with Crippen molar-refractivity contribution in [2.45, 2.75) is 51.4 Å². The molecule has 0 spiro atoms. The maximum Gasteiger partial charge on any atom is 0.201 e. The van der Waals surface area contributed by atoms with E-state index >= 15 is 0 Å². The first-order valence-electron chi connectivity index (χ1n) is 14.5. The Morgan fingerprint density at radius 1 is 0.878 bits per heavy atom. The molecule has 4 aromatic heterocycles. The van der Waals surface area contributed by atoms with Gasteiger partial charge in [-0.25, -0.2) is 15.0 Å². The van der Waals surface area contributed by atoms with Gasteiger partial charge in [-0.1, -0.05) is 54.6 Å². The van der Waals surface area contributed by atoms with Crippen LogP contribution < -0.4 is 0 Å². The molecule has 6 aromatic rings. The molecule has 1 aliphatic rings. The van der Waals surface area contributed by atoms with Crippen molar-refractivity contribution in [3.05, 3.63) is 109 Å². The minimum absolute atomic E-state index is 0.443. The number of hydrogen-bond acceptors (Lipinski definition) is 5. The molecule has 0 bridgehead atoms. The van der Waals surface area contributed by atoms with Crippen LogP contribution in [0.2, 0.25) is 0 Å². The molecule has 1 N–H and O–H groups in total. The molecule has 41 heavy (non-hydrogen) atoms. The first kappa shape index (κ1) is 25.3. The van der Waals surface area contributed by atoms with Crippen molar-refractivity contribution in [1.29, 1.82) is 0 Å². The van der Waals surface area contributed by atoms with Crippen LogP contribution in [0.15, 0.2) is 91.6 Å². The van der Waals surface area contributed by atoms with Crippen molar-refractivity contribution < 1.29 is 0 Å². The topological polar surface area (TPSA) is 84.6 Å². The number of H-pyrrole nitrogens is 1. The number of hydrogen-bond donors (Lipinski definition) is 1. The maximum atomic E-state index is 4.73. The Hall–Kier alpha value is -4.65. The minimum atomic E-state index is 0.443. The Morgan fingerprint density at radius 2 is 1.71 bits per heavy atom. The van der Waals surface area contributed by atoms with Crippen molar-refractivity contribution in [2.75, 3.05) is 0 Å². The van der Waals surface area contributed by atoms with Gasteiger partial charge in [0.15, 0.2) is 0 Å². The van der Waals surface area contributed by atoms with E-state index in [1.54, 1.807) is 18.6 Å². The van der Waals surface area contributed by atoms with Gasteiger partial charge in [-0.05, 0) is 79.7 Å². The van der Waals surface area contributed by atoms with E-state index in [9.17, 15) is 0 Å². The molecule has 2 aromatic carbocycles. The third-order valence-corrected chi connectivity index (χ3v) is 8.56. The van der Waals surface area contributed by atoms with Gasteiger partial charge in [-0.15, -0.1) is 0 Å². The van der Waals surface area contributed by atoms with Gasteiger partial charge in [0.1, 0.15) is 17.2 Å². The first-order valence-corrected chi connectivity index (χ1v) is 14.5. The highest BCUT2D eigenvalue weighted by Gasteiger charge is 2.25. The fourth-order valence-corrected chi connectivity index (χ4v) is 6.29. The quantitative estimate of drug-likeness (QED) is 0.228. The molecular formula is C34H33N7. The van der Waals surface area contributed by atoms with E-state index in [0.29, 0.717) is 17.4 Å². The van der Waals surface area contributed by atoms with E-state index in [2.05, 4.69) is 92.2 Å². The molecule has 1 fully saturated rings. The lowest BCUT2D eigenvalue weighted by atomic mass is 9.79. The van der Waals surface area contributed by atoms with Gasteiger partial charge >= 0.3 is 0 Å². The van der Waals surface area contributed by atoms with Crippen molar-refractivity contribution in [3.8, 4) is 33.8 Å². The van der Waals surface area contributed by atoms with Crippen molar-refractivity contribution in [2.24, 2.45) is 5.92 Å². The first-order chi connectivity index (χ1) is 20.2. The number of nitrogens with one attached hydrogen (secondary N) is 1. The standard InChI is InChI=1S/C34H33N7/c1-23-21-29(31(27-5-3-2-4-6-27)34-37-19-20-41(23)34)26-13-9-24(10-14-26)7-8-25-11-15-28(16-12-25)32-38-33(40-39-32)30-22-35-17-18-36-30/h2-6,9-10,13-14,17-22,25,28H,7-8,11-12,15-16H2,1H3,(H,38,39,40). The molecule has 1 aliphatic carbocycles. The summed E-state index contributed by atoms with van der Waals surface area (Å²) in [6.07, 6.45) is 16.1. The van der Waals surface area contributed by atoms with Crippen LogP contribution in [0.25, 0.3) is 39.4 Å². The second-order valence-corrected chi connectivity index (χ2v) is 11.1. The molecule has 1 saturated carbocycles. The maximum absolute atomic E-state index is 4.73. The smallest absolute Gasteiger partial charge is 0.201 e. The number of aryl methyl sites for hydroxylation is 2. The second kappa shape index (κ2) is 11.1. The van der Waals surface area contributed by atoms with Gasteiger partial charge in [0, 0.05) is 42.0 Å². The van der Waals surface area contributed by atoms with Crippen LogP contribution in [0, 0.1) is 12.8 Å². The summed E-state index contributed by atoms with van der Waals surface area (Å²) in [4.78, 5) is 17.9. The lowest BCUT2D eigenvalue weighted by Crippen LogP contribution is -2.15. The lowest BCUT2D eigenvalue weighted by Gasteiger charge is -2.27. The van der Waals surface area contributed by atoms with E-state index in [-0.39, 0.29) is 0 Å². The molecule has 7 heteroatoms. The molecule has 0 radical (unpaired) electrons. The number of pyridine rings is 1. The Labute approximate surface area is 239 Å². The zero-order chi connectivity index (χ0) is 27.6. The molecule has 0 atom stereocenters. The van der Waals surface area contributed by atoms with Crippen molar-refractivity contribution in [1.82, 2.24) is 34.5 Å². The number of rotatable bonds is 7. The summed E-state index contributed by atoms with van der Waals surface area (Å²) in [7, 11) is 0. The summed E-state index contributed by atoms with van der Waals surface area (Å²) < 4.78 is 2.17. The SMILES string of the molecule is Cc1cc(-c2ccc(CCC3CCC(c4nc(-c5cnccn5)n[nH]4)CC3)cc2)c(-c2ccccc2)c2nccn12. The summed E-state index contributed by atoms with van der Waals surface area (Å²) >= 11 is 0. The van der Waals surface area contributed by atoms with Crippen molar-refractivity contribution in [3.63, 3.8) is 0 Å². The van der Waals surface area contributed by atoms with Gasteiger partial charge in [0.25, 0.3) is 0 Å². The highest BCUT2D eigenvalue weighted by Crippen LogP contribution is 2.38. The zero-order valence-electron chi connectivity index (χ0n) is 23.2. The number of benzene rings is 2. The van der Waals surface area contributed by atoms with E-state index in [1.165, 1.54) is 52.8 Å². The predicted molar refractivity (Wildman–Crippen MR) is 161 cm³/mol.